The molecule has 0 unspecified atom stereocenters. The summed E-state index contributed by atoms with van der Waals surface area (Å²) in [7, 11) is -3.93. The summed E-state index contributed by atoms with van der Waals surface area (Å²) >= 11 is 6.00. The topological polar surface area (TPSA) is 84.9 Å². The highest BCUT2D eigenvalue weighted by atomic mass is 35.5. The van der Waals surface area contributed by atoms with Crippen molar-refractivity contribution in [3.05, 3.63) is 53.1 Å². The highest BCUT2D eigenvalue weighted by molar-refractivity contribution is 7.86. The highest BCUT2D eigenvalue weighted by Gasteiger charge is 2.22. The van der Waals surface area contributed by atoms with Crippen molar-refractivity contribution in [2.24, 2.45) is 0 Å². The number of carbonyl (C=O) groups is 1. The number of alkyl halides is 1. The van der Waals surface area contributed by atoms with Gasteiger partial charge in [0.05, 0.1) is 22.9 Å². The van der Waals surface area contributed by atoms with E-state index in [1.54, 1.807) is 46.8 Å². The second-order valence-corrected chi connectivity index (χ2v) is 10.8. The number of rotatable bonds is 9. The van der Waals surface area contributed by atoms with Gasteiger partial charge in [-0.2, -0.15) is 8.42 Å². The summed E-state index contributed by atoms with van der Waals surface area (Å²) in [6, 6.07) is 10.8. The third kappa shape index (κ3) is 7.91. The lowest BCUT2D eigenvalue weighted by molar-refractivity contribution is 0.0636. The van der Waals surface area contributed by atoms with Gasteiger partial charge in [-0.25, -0.2) is 4.79 Å². The molecule has 0 radical (unpaired) electrons. The molecule has 2 aromatic rings. The van der Waals surface area contributed by atoms with Crippen molar-refractivity contribution < 1.29 is 22.1 Å². The molecule has 0 fully saturated rings. The van der Waals surface area contributed by atoms with Crippen LogP contribution in [-0.2, 0) is 19.0 Å². The Hall–Kier alpha value is -2.29. The smallest absolute Gasteiger partial charge is 0.412 e. The van der Waals surface area contributed by atoms with Crippen LogP contribution in [-0.4, -0.2) is 45.7 Å². The van der Waals surface area contributed by atoms with Crippen LogP contribution in [0.25, 0.3) is 0 Å². The molecule has 0 atom stereocenters. The molecule has 9 heteroatoms. The zero-order valence-corrected chi connectivity index (χ0v) is 21.6. The van der Waals surface area contributed by atoms with E-state index in [0.717, 1.165) is 5.56 Å². The zero-order valence-electron chi connectivity index (χ0n) is 20.1. The van der Waals surface area contributed by atoms with Gasteiger partial charge in [0.25, 0.3) is 10.1 Å². The molecule has 33 heavy (non-hydrogen) atoms. The van der Waals surface area contributed by atoms with Gasteiger partial charge in [-0.05, 0) is 64.8 Å². The van der Waals surface area contributed by atoms with Crippen LogP contribution < -0.4 is 10.2 Å². The standard InChI is InChI=1S/C24H33ClN2O5S/c1-17-15-18(2)22(19(3)16-17)33(29,30)31-14-13-27(12-11-25)21-10-8-7-9-20(21)26-23(28)32-24(4,5)6/h7-10,15-16H,11-14H2,1-6H3,(H,26,28). The van der Waals surface area contributed by atoms with Gasteiger partial charge in [-0.3, -0.25) is 9.50 Å². The van der Waals surface area contributed by atoms with E-state index in [-0.39, 0.29) is 18.0 Å². The van der Waals surface area contributed by atoms with Gasteiger partial charge in [-0.1, -0.05) is 29.8 Å². The summed E-state index contributed by atoms with van der Waals surface area (Å²) < 4.78 is 36.5. The maximum Gasteiger partial charge on any atom is 0.412 e. The zero-order chi connectivity index (χ0) is 24.8. The molecular formula is C24H33ClN2O5S. The van der Waals surface area contributed by atoms with Crippen molar-refractivity contribution in [3.8, 4) is 0 Å². The molecule has 0 saturated carbocycles. The van der Waals surface area contributed by atoms with Crippen molar-refractivity contribution in [1.29, 1.82) is 0 Å². The Bertz CT molecular complexity index is 1060. The number of hydrogen-bond acceptors (Lipinski definition) is 6. The maximum absolute atomic E-state index is 12.9. The van der Waals surface area contributed by atoms with Crippen molar-refractivity contribution in [2.45, 2.75) is 52.0 Å². The second kappa shape index (κ2) is 11.2. The molecule has 1 amide bonds. The summed E-state index contributed by atoms with van der Waals surface area (Å²) in [5.41, 5.74) is 2.88. The predicted molar refractivity (Wildman–Crippen MR) is 133 cm³/mol. The fourth-order valence-electron chi connectivity index (χ4n) is 3.60. The van der Waals surface area contributed by atoms with Crippen LogP contribution in [0, 0.1) is 20.8 Å². The van der Waals surface area contributed by atoms with Gasteiger partial charge >= 0.3 is 6.09 Å². The van der Waals surface area contributed by atoms with E-state index >= 15 is 0 Å². The van der Waals surface area contributed by atoms with E-state index in [9.17, 15) is 13.2 Å². The monoisotopic (exact) mass is 496 g/mol. The molecule has 0 aliphatic carbocycles. The first-order valence-electron chi connectivity index (χ1n) is 10.7. The summed E-state index contributed by atoms with van der Waals surface area (Å²) in [6.07, 6.45) is -0.579. The molecule has 0 aliphatic heterocycles. The Labute approximate surface area is 202 Å². The number of amides is 1. The minimum atomic E-state index is -3.93. The van der Waals surface area contributed by atoms with Crippen molar-refractivity contribution >= 4 is 39.2 Å². The molecule has 0 saturated heterocycles. The molecule has 0 spiro atoms. The molecule has 2 aromatic carbocycles. The average molecular weight is 497 g/mol. The quantitative estimate of drug-likeness (QED) is 0.369. The number of carbonyl (C=O) groups excluding carboxylic acids is 1. The van der Waals surface area contributed by atoms with Crippen molar-refractivity contribution in [2.75, 3.05) is 35.8 Å². The van der Waals surface area contributed by atoms with E-state index in [4.69, 9.17) is 20.5 Å². The van der Waals surface area contributed by atoms with Gasteiger partial charge in [0.2, 0.25) is 0 Å². The fourth-order valence-corrected chi connectivity index (χ4v) is 5.12. The van der Waals surface area contributed by atoms with Crippen LogP contribution in [0.4, 0.5) is 16.2 Å². The first-order valence-corrected chi connectivity index (χ1v) is 12.7. The van der Waals surface area contributed by atoms with Gasteiger partial charge in [0.1, 0.15) is 5.60 Å². The van der Waals surface area contributed by atoms with Crippen LogP contribution in [0.2, 0.25) is 0 Å². The Morgan fingerprint density at radius 1 is 1.06 bits per heavy atom. The molecule has 7 nitrogen and oxygen atoms in total. The molecule has 0 bridgehead atoms. The van der Waals surface area contributed by atoms with E-state index < -0.39 is 21.8 Å². The maximum atomic E-state index is 12.9. The molecule has 1 N–H and O–H groups in total. The van der Waals surface area contributed by atoms with E-state index in [0.29, 0.717) is 34.9 Å². The molecular weight excluding hydrogens is 464 g/mol. The highest BCUT2D eigenvalue weighted by Crippen LogP contribution is 2.27. The number of halogens is 1. The number of para-hydroxylation sites is 2. The lowest BCUT2D eigenvalue weighted by Gasteiger charge is -2.27. The summed E-state index contributed by atoms with van der Waals surface area (Å²) in [5, 5.41) is 2.75. The van der Waals surface area contributed by atoms with Crippen LogP contribution in [0.1, 0.15) is 37.5 Å². The lowest BCUT2D eigenvalue weighted by atomic mass is 10.1. The second-order valence-electron chi connectivity index (χ2n) is 8.82. The van der Waals surface area contributed by atoms with E-state index in [2.05, 4.69) is 5.32 Å². The molecule has 0 heterocycles. The molecule has 0 aromatic heterocycles. The summed E-state index contributed by atoms with van der Waals surface area (Å²) in [4.78, 5) is 14.3. The van der Waals surface area contributed by atoms with E-state index in [1.165, 1.54) is 0 Å². The van der Waals surface area contributed by atoms with Crippen LogP contribution in [0.3, 0.4) is 0 Å². The Balaban J connectivity index is 2.17. The van der Waals surface area contributed by atoms with Crippen LogP contribution in [0.15, 0.2) is 41.3 Å². The summed E-state index contributed by atoms with van der Waals surface area (Å²) in [5.74, 6) is 0.309. The number of aryl methyl sites for hydroxylation is 3. The third-order valence-corrected chi connectivity index (χ3v) is 6.48. The minimum Gasteiger partial charge on any atom is -0.444 e. The van der Waals surface area contributed by atoms with Crippen molar-refractivity contribution in [3.63, 3.8) is 0 Å². The fraction of sp³-hybridized carbons (Fsp3) is 0.458. The van der Waals surface area contributed by atoms with Gasteiger partial charge in [0.15, 0.2) is 0 Å². The first-order chi connectivity index (χ1) is 15.3. The van der Waals surface area contributed by atoms with Gasteiger partial charge in [-0.15, -0.1) is 11.6 Å². The van der Waals surface area contributed by atoms with Gasteiger partial charge < -0.3 is 9.64 Å². The number of benzene rings is 2. The largest absolute Gasteiger partial charge is 0.444 e. The number of nitrogens with zero attached hydrogens (tertiary/aromatic N) is 1. The summed E-state index contributed by atoms with van der Waals surface area (Å²) in [6.45, 7) is 11.4. The Morgan fingerprint density at radius 3 is 2.24 bits per heavy atom. The molecule has 182 valence electrons. The SMILES string of the molecule is Cc1cc(C)c(S(=O)(=O)OCCN(CCCl)c2ccccc2NC(=O)OC(C)(C)C)c(C)c1. The van der Waals surface area contributed by atoms with Crippen LogP contribution in [0.5, 0.6) is 0 Å². The molecule has 2 rings (SSSR count). The molecule has 0 aliphatic rings. The number of nitrogens with one attached hydrogen (secondary N) is 1. The number of anilines is 2. The lowest BCUT2D eigenvalue weighted by Crippen LogP contribution is -2.32. The van der Waals surface area contributed by atoms with Crippen LogP contribution >= 0.6 is 11.6 Å². The number of hydrogen-bond donors (Lipinski definition) is 1. The van der Waals surface area contributed by atoms with E-state index in [1.807, 2.05) is 36.1 Å². The predicted octanol–water partition coefficient (Wildman–Crippen LogP) is 5.41. The van der Waals surface area contributed by atoms with Gasteiger partial charge in [0, 0.05) is 19.0 Å². The Kier molecular flexibility index (Phi) is 9.17. The first kappa shape index (κ1) is 27.0. The minimum absolute atomic E-state index is 0.0766. The van der Waals surface area contributed by atoms with Crippen molar-refractivity contribution in [1.82, 2.24) is 0 Å². The Morgan fingerprint density at radius 2 is 1.67 bits per heavy atom. The average Bonchev–Trinajstić information content (AvgIpc) is 2.65. The normalized spacial score (nSPS) is 11.8. The number of ether oxygens (including phenoxy) is 1. The third-order valence-electron chi connectivity index (χ3n) is 4.69.